The topological polar surface area (TPSA) is 73.8 Å². The highest BCUT2D eigenvalue weighted by Crippen LogP contribution is 2.25. The van der Waals surface area contributed by atoms with E-state index in [4.69, 9.17) is 11.6 Å². The Hall–Kier alpha value is -3.10. The summed E-state index contributed by atoms with van der Waals surface area (Å²) in [4.78, 5) is 21.3. The van der Waals surface area contributed by atoms with Gasteiger partial charge >= 0.3 is 0 Å². The average molecular weight is 471 g/mol. The van der Waals surface area contributed by atoms with Crippen LogP contribution in [-0.4, -0.2) is 57.4 Å². The number of sulfonamides is 1. The number of piperazine rings is 1. The summed E-state index contributed by atoms with van der Waals surface area (Å²) >= 11 is 6.24. The van der Waals surface area contributed by atoms with Crippen LogP contribution in [0.5, 0.6) is 0 Å². The van der Waals surface area contributed by atoms with Gasteiger partial charge in [0.25, 0.3) is 15.9 Å². The van der Waals surface area contributed by atoms with Gasteiger partial charge in [-0.15, -0.1) is 0 Å². The van der Waals surface area contributed by atoms with E-state index in [1.165, 1.54) is 23.5 Å². The quantitative estimate of drug-likeness (QED) is 0.570. The monoisotopic (exact) mass is 470 g/mol. The SMILES string of the molecule is CN(c1ccccc1)S(=O)(=O)c1cccc(C(=O)N2CCN(c3ncccc3Cl)CC2)c1. The van der Waals surface area contributed by atoms with Gasteiger partial charge in [0.05, 0.1) is 15.6 Å². The molecule has 0 spiro atoms. The van der Waals surface area contributed by atoms with E-state index >= 15 is 0 Å². The van der Waals surface area contributed by atoms with Gasteiger partial charge in [-0.2, -0.15) is 0 Å². The number of hydrogen-bond acceptors (Lipinski definition) is 5. The summed E-state index contributed by atoms with van der Waals surface area (Å²) in [6.07, 6.45) is 1.69. The molecule has 0 saturated carbocycles. The highest BCUT2D eigenvalue weighted by atomic mass is 35.5. The number of aromatic nitrogens is 1. The molecular weight excluding hydrogens is 448 g/mol. The summed E-state index contributed by atoms with van der Waals surface area (Å²) in [6, 6.07) is 18.6. The third-order valence-corrected chi connectivity index (χ3v) is 7.54. The summed E-state index contributed by atoms with van der Waals surface area (Å²) in [5, 5.41) is 0.577. The third kappa shape index (κ3) is 4.42. The normalized spacial score (nSPS) is 14.3. The molecule has 2 heterocycles. The number of rotatable bonds is 5. The Kier molecular flexibility index (Phi) is 6.34. The van der Waals surface area contributed by atoms with Crippen molar-refractivity contribution in [1.82, 2.24) is 9.88 Å². The van der Waals surface area contributed by atoms with Crippen LogP contribution in [0.2, 0.25) is 5.02 Å². The zero-order valence-electron chi connectivity index (χ0n) is 17.6. The van der Waals surface area contributed by atoms with Crippen molar-refractivity contribution in [1.29, 1.82) is 0 Å². The van der Waals surface area contributed by atoms with Gasteiger partial charge < -0.3 is 9.80 Å². The van der Waals surface area contributed by atoms with Crippen molar-refractivity contribution >= 4 is 39.0 Å². The van der Waals surface area contributed by atoms with Gasteiger partial charge in [0, 0.05) is 45.0 Å². The van der Waals surface area contributed by atoms with Crippen LogP contribution in [0, 0.1) is 0 Å². The molecule has 0 N–H and O–H groups in total. The zero-order chi connectivity index (χ0) is 22.7. The van der Waals surface area contributed by atoms with Crippen molar-refractivity contribution in [2.45, 2.75) is 4.90 Å². The first-order valence-corrected chi connectivity index (χ1v) is 12.0. The summed E-state index contributed by atoms with van der Waals surface area (Å²) in [5.41, 5.74) is 0.894. The maximum atomic E-state index is 13.1. The minimum absolute atomic E-state index is 0.0774. The molecular formula is C23H23ClN4O3S. The van der Waals surface area contributed by atoms with E-state index in [1.54, 1.807) is 59.6 Å². The molecule has 1 aliphatic heterocycles. The maximum Gasteiger partial charge on any atom is 0.264 e. The van der Waals surface area contributed by atoms with Crippen LogP contribution < -0.4 is 9.21 Å². The Balaban J connectivity index is 1.49. The van der Waals surface area contributed by atoms with Crippen LogP contribution in [0.4, 0.5) is 11.5 Å². The van der Waals surface area contributed by atoms with Crippen molar-refractivity contribution in [2.75, 3.05) is 42.4 Å². The molecule has 1 aliphatic rings. The molecule has 0 radical (unpaired) electrons. The van der Waals surface area contributed by atoms with E-state index in [2.05, 4.69) is 4.98 Å². The van der Waals surface area contributed by atoms with E-state index in [-0.39, 0.29) is 10.8 Å². The van der Waals surface area contributed by atoms with E-state index in [9.17, 15) is 13.2 Å². The van der Waals surface area contributed by atoms with Gasteiger partial charge in [-0.3, -0.25) is 9.10 Å². The fourth-order valence-corrected chi connectivity index (χ4v) is 5.12. The molecule has 1 saturated heterocycles. The first-order chi connectivity index (χ1) is 15.4. The van der Waals surface area contributed by atoms with Gasteiger partial charge in [-0.25, -0.2) is 13.4 Å². The fraction of sp³-hybridized carbons (Fsp3) is 0.217. The number of hydrogen-bond donors (Lipinski definition) is 0. The largest absolute Gasteiger partial charge is 0.352 e. The number of nitrogens with zero attached hydrogens (tertiary/aromatic N) is 4. The Morgan fingerprint density at radius 1 is 0.969 bits per heavy atom. The number of halogens is 1. The predicted molar refractivity (Wildman–Crippen MR) is 126 cm³/mol. The van der Waals surface area contributed by atoms with Crippen LogP contribution in [0.25, 0.3) is 0 Å². The number of carbonyl (C=O) groups is 1. The smallest absolute Gasteiger partial charge is 0.264 e. The van der Waals surface area contributed by atoms with Crippen LogP contribution in [0.3, 0.4) is 0 Å². The molecule has 2 aromatic carbocycles. The molecule has 0 bridgehead atoms. The molecule has 4 rings (SSSR count). The number of para-hydroxylation sites is 1. The lowest BCUT2D eigenvalue weighted by Crippen LogP contribution is -2.49. The molecule has 1 fully saturated rings. The van der Waals surface area contributed by atoms with Crippen molar-refractivity contribution in [2.24, 2.45) is 0 Å². The lowest BCUT2D eigenvalue weighted by molar-refractivity contribution is 0.0746. The fourth-order valence-electron chi connectivity index (χ4n) is 3.64. The Morgan fingerprint density at radius 2 is 1.69 bits per heavy atom. The molecule has 7 nitrogen and oxygen atoms in total. The highest BCUT2D eigenvalue weighted by molar-refractivity contribution is 7.92. The molecule has 3 aromatic rings. The summed E-state index contributed by atoms with van der Waals surface area (Å²) < 4.78 is 27.4. The van der Waals surface area contributed by atoms with Crippen molar-refractivity contribution in [3.63, 3.8) is 0 Å². The zero-order valence-corrected chi connectivity index (χ0v) is 19.1. The van der Waals surface area contributed by atoms with Gasteiger partial charge in [-0.05, 0) is 42.5 Å². The van der Waals surface area contributed by atoms with Crippen LogP contribution >= 0.6 is 11.6 Å². The van der Waals surface area contributed by atoms with E-state index in [0.717, 1.165) is 0 Å². The Morgan fingerprint density at radius 3 is 2.38 bits per heavy atom. The summed E-state index contributed by atoms with van der Waals surface area (Å²) in [5.74, 6) is 0.509. The molecule has 9 heteroatoms. The van der Waals surface area contributed by atoms with E-state index < -0.39 is 10.0 Å². The van der Waals surface area contributed by atoms with Crippen molar-refractivity contribution in [3.05, 3.63) is 83.5 Å². The number of benzene rings is 2. The Bertz CT molecular complexity index is 1210. The molecule has 0 unspecified atom stereocenters. The minimum Gasteiger partial charge on any atom is -0.352 e. The second-order valence-electron chi connectivity index (χ2n) is 7.42. The lowest BCUT2D eigenvalue weighted by atomic mass is 10.2. The van der Waals surface area contributed by atoms with E-state index in [0.29, 0.717) is 48.3 Å². The van der Waals surface area contributed by atoms with Gasteiger partial charge in [-0.1, -0.05) is 35.9 Å². The molecule has 1 amide bonds. The standard InChI is InChI=1S/C23H23ClN4O3S/c1-26(19-8-3-2-4-9-19)32(30,31)20-10-5-7-18(17-20)23(29)28-15-13-27(14-16-28)22-21(24)11-6-12-25-22/h2-12,17H,13-16H2,1H3. The molecule has 1 aromatic heterocycles. The molecule has 32 heavy (non-hydrogen) atoms. The number of pyridine rings is 1. The molecule has 0 aliphatic carbocycles. The number of anilines is 2. The van der Waals surface area contributed by atoms with Gasteiger partial charge in [0.1, 0.15) is 5.82 Å². The number of carbonyl (C=O) groups excluding carboxylic acids is 1. The molecule has 0 atom stereocenters. The Labute approximate surface area is 192 Å². The third-order valence-electron chi connectivity index (χ3n) is 5.46. The second-order valence-corrected chi connectivity index (χ2v) is 9.80. The first kappa shape index (κ1) is 22.1. The minimum atomic E-state index is -3.80. The summed E-state index contributed by atoms with van der Waals surface area (Å²) in [6.45, 7) is 2.17. The van der Waals surface area contributed by atoms with Crippen LogP contribution in [-0.2, 0) is 10.0 Å². The summed E-state index contributed by atoms with van der Waals surface area (Å²) in [7, 11) is -2.30. The van der Waals surface area contributed by atoms with Gasteiger partial charge in [0.2, 0.25) is 0 Å². The number of amides is 1. The molecule has 166 valence electrons. The van der Waals surface area contributed by atoms with Crippen LogP contribution in [0.15, 0.2) is 77.8 Å². The van der Waals surface area contributed by atoms with Crippen LogP contribution in [0.1, 0.15) is 10.4 Å². The van der Waals surface area contributed by atoms with E-state index in [1.807, 2.05) is 11.0 Å². The lowest BCUT2D eigenvalue weighted by Gasteiger charge is -2.35. The first-order valence-electron chi connectivity index (χ1n) is 10.2. The highest BCUT2D eigenvalue weighted by Gasteiger charge is 2.26. The second kappa shape index (κ2) is 9.18. The van der Waals surface area contributed by atoms with Crippen molar-refractivity contribution < 1.29 is 13.2 Å². The average Bonchev–Trinajstić information content (AvgIpc) is 2.84. The van der Waals surface area contributed by atoms with Gasteiger partial charge in [0.15, 0.2) is 0 Å². The maximum absolute atomic E-state index is 13.1. The van der Waals surface area contributed by atoms with Crippen molar-refractivity contribution in [3.8, 4) is 0 Å². The predicted octanol–water partition coefficient (Wildman–Crippen LogP) is 3.52.